The van der Waals surface area contributed by atoms with E-state index in [1.54, 1.807) is 6.20 Å². The Hall–Kier alpha value is -1.39. The van der Waals surface area contributed by atoms with Crippen LogP contribution < -0.4 is 11.5 Å². The van der Waals surface area contributed by atoms with Crippen LogP contribution in [0.2, 0.25) is 0 Å². The highest BCUT2D eigenvalue weighted by molar-refractivity contribution is 9.10. The fraction of sp³-hybridized carbons (Fsp3) is 0.154. The summed E-state index contributed by atoms with van der Waals surface area (Å²) in [7, 11) is 0. The number of halogens is 1. The molecule has 1 aromatic heterocycles. The molecule has 1 atom stereocenters. The SMILES string of the molecule is Nc1ncccc1CC(N)c1ccc(Br)cc1. The number of benzene rings is 1. The predicted octanol–water partition coefficient (Wildman–Crippen LogP) is 2.67. The highest BCUT2D eigenvalue weighted by Crippen LogP contribution is 2.20. The number of nitrogens with zero attached hydrogens (tertiary/aromatic N) is 1. The van der Waals surface area contributed by atoms with Gasteiger partial charge in [0.15, 0.2) is 0 Å². The van der Waals surface area contributed by atoms with Gasteiger partial charge < -0.3 is 11.5 Å². The maximum Gasteiger partial charge on any atom is 0.126 e. The largest absolute Gasteiger partial charge is 0.383 e. The van der Waals surface area contributed by atoms with Crippen molar-refractivity contribution in [1.29, 1.82) is 0 Å². The average Bonchev–Trinajstić information content (AvgIpc) is 2.33. The Labute approximate surface area is 109 Å². The Bertz CT molecular complexity index is 496. The number of hydrogen-bond donors (Lipinski definition) is 2. The lowest BCUT2D eigenvalue weighted by molar-refractivity contribution is 0.721. The van der Waals surface area contributed by atoms with Gasteiger partial charge >= 0.3 is 0 Å². The Morgan fingerprint density at radius 2 is 1.88 bits per heavy atom. The highest BCUT2D eigenvalue weighted by Gasteiger charge is 2.09. The van der Waals surface area contributed by atoms with Gasteiger partial charge in [0.25, 0.3) is 0 Å². The molecule has 1 heterocycles. The molecular formula is C13H14BrN3. The summed E-state index contributed by atoms with van der Waals surface area (Å²) in [6.07, 6.45) is 2.38. The third kappa shape index (κ3) is 3.05. The molecule has 0 spiro atoms. The Morgan fingerprint density at radius 3 is 2.53 bits per heavy atom. The van der Waals surface area contributed by atoms with E-state index in [4.69, 9.17) is 11.5 Å². The quantitative estimate of drug-likeness (QED) is 0.914. The van der Waals surface area contributed by atoms with E-state index < -0.39 is 0 Å². The van der Waals surface area contributed by atoms with E-state index in [1.807, 2.05) is 36.4 Å². The second-order valence-electron chi connectivity index (χ2n) is 3.91. The van der Waals surface area contributed by atoms with E-state index in [1.165, 1.54) is 0 Å². The van der Waals surface area contributed by atoms with E-state index in [0.717, 1.165) is 15.6 Å². The predicted molar refractivity (Wildman–Crippen MR) is 73.4 cm³/mol. The smallest absolute Gasteiger partial charge is 0.126 e. The fourth-order valence-electron chi connectivity index (χ4n) is 1.69. The number of pyridine rings is 1. The van der Waals surface area contributed by atoms with Crippen LogP contribution in [0.4, 0.5) is 5.82 Å². The van der Waals surface area contributed by atoms with Crippen molar-refractivity contribution in [3.63, 3.8) is 0 Å². The Balaban J connectivity index is 2.14. The van der Waals surface area contributed by atoms with Gasteiger partial charge in [0.1, 0.15) is 5.82 Å². The molecular weight excluding hydrogens is 278 g/mol. The van der Waals surface area contributed by atoms with Crippen molar-refractivity contribution in [3.05, 3.63) is 58.2 Å². The second-order valence-corrected chi connectivity index (χ2v) is 4.83. The van der Waals surface area contributed by atoms with Gasteiger partial charge in [-0.05, 0) is 35.7 Å². The van der Waals surface area contributed by atoms with Crippen molar-refractivity contribution in [2.75, 3.05) is 5.73 Å². The zero-order valence-electron chi connectivity index (χ0n) is 9.31. The summed E-state index contributed by atoms with van der Waals surface area (Å²) in [5.74, 6) is 0.556. The summed E-state index contributed by atoms with van der Waals surface area (Å²) in [5.41, 5.74) is 14.0. The van der Waals surface area contributed by atoms with Crippen LogP contribution in [0, 0.1) is 0 Å². The lowest BCUT2D eigenvalue weighted by Crippen LogP contribution is -2.14. The third-order valence-corrected chi connectivity index (χ3v) is 3.19. The van der Waals surface area contributed by atoms with Crippen molar-refractivity contribution >= 4 is 21.7 Å². The third-order valence-electron chi connectivity index (χ3n) is 2.66. The van der Waals surface area contributed by atoms with Gasteiger partial charge in [-0.3, -0.25) is 0 Å². The monoisotopic (exact) mass is 291 g/mol. The normalized spacial score (nSPS) is 12.4. The van der Waals surface area contributed by atoms with Gasteiger partial charge in [0.05, 0.1) is 0 Å². The van der Waals surface area contributed by atoms with Gasteiger partial charge in [-0.2, -0.15) is 0 Å². The number of aromatic nitrogens is 1. The summed E-state index contributed by atoms with van der Waals surface area (Å²) < 4.78 is 1.05. The molecule has 4 heteroatoms. The van der Waals surface area contributed by atoms with Crippen LogP contribution >= 0.6 is 15.9 Å². The minimum Gasteiger partial charge on any atom is -0.383 e. The van der Waals surface area contributed by atoms with Crippen LogP contribution in [0.3, 0.4) is 0 Å². The summed E-state index contributed by atoms with van der Waals surface area (Å²) in [5, 5.41) is 0. The van der Waals surface area contributed by atoms with Gasteiger partial charge in [0.2, 0.25) is 0 Å². The molecule has 2 rings (SSSR count). The maximum absolute atomic E-state index is 6.15. The molecule has 0 aliphatic carbocycles. The minimum absolute atomic E-state index is 0.0606. The van der Waals surface area contributed by atoms with Crippen LogP contribution in [-0.2, 0) is 6.42 Å². The van der Waals surface area contributed by atoms with Crippen molar-refractivity contribution in [3.8, 4) is 0 Å². The second kappa shape index (κ2) is 5.29. The summed E-state index contributed by atoms with van der Waals surface area (Å²) in [4.78, 5) is 4.05. The molecule has 0 fully saturated rings. The Kier molecular flexibility index (Phi) is 3.76. The topological polar surface area (TPSA) is 64.9 Å². The molecule has 0 saturated heterocycles. The first-order valence-electron chi connectivity index (χ1n) is 5.37. The first-order valence-corrected chi connectivity index (χ1v) is 6.16. The molecule has 0 aliphatic rings. The van der Waals surface area contributed by atoms with Crippen molar-refractivity contribution < 1.29 is 0 Å². The Morgan fingerprint density at radius 1 is 1.18 bits per heavy atom. The summed E-state index contributed by atoms with van der Waals surface area (Å²) in [6.45, 7) is 0. The standard InChI is InChI=1S/C13H14BrN3/c14-11-5-3-9(4-6-11)12(15)8-10-2-1-7-17-13(10)16/h1-7,12H,8,15H2,(H2,16,17). The van der Waals surface area contributed by atoms with Gasteiger partial charge in [0, 0.05) is 16.7 Å². The van der Waals surface area contributed by atoms with Crippen LogP contribution in [0.1, 0.15) is 17.2 Å². The average molecular weight is 292 g/mol. The van der Waals surface area contributed by atoms with E-state index in [-0.39, 0.29) is 6.04 Å². The van der Waals surface area contributed by atoms with E-state index in [9.17, 15) is 0 Å². The molecule has 0 aliphatic heterocycles. The number of nitrogen functional groups attached to an aromatic ring is 1. The zero-order valence-corrected chi connectivity index (χ0v) is 10.9. The highest BCUT2D eigenvalue weighted by atomic mass is 79.9. The van der Waals surface area contributed by atoms with Crippen molar-refractivity contribution in [1.82, 2.24) is 4.98 Å². The molecule has 0 radical (unpaired) electrons. The van der Waals surface area contributed by atoms with E-state index >= 15 is 0 Å². The number of rotatable bonds is 3. The van der Waals surface area contributed by atoms with Gasteiger partial charge in [-0.1, -0.05) is 34.1 Å². The molecule has 4 N–H and O–H groups in total. The molecule has 1 aromatic carbocycles. The van der Waals surface area contributed by atoms with Crippen LogP contribution in [-0.4, -0.2) is 4.98 Å². The van der Waals surface area contributed by atoms with Crippen LogP contribution in [0.5, 0.6) is 0 Å². The fourth-order valence-corrected chi connectivity index (χ4v) is 1.95. The molecule has 88 valence electrons. The van der Waals surface area contributed by atoms with E-state index in [2.05, 4.69) is 20.9 Å². The molecule has 0 bridgehead atoms. The zero-order chi connectivity index (χ0) is 12.3. The van der Waals surface area contributed by atoms with Gasteiger partial charge in [-0.25, -0.2) is 4.98 Å². The van der Waals surface area contributed by atoms with Crippen molar-refractivity contribution in [2.45, 2.75) is 12.5 Å². The van der Waals surface area contributed by atoms with Crippen LogP contribution in [0.25, 0.3) is 0 Å². The molecule has 2 aromatic rings. The summed E-state index contributed by atoms with van der Waals surface area (Å²) in [6, 6.07) is 11.8. The van der Waals surface area contributed by atoms with Crippen LogP contribution in [0.15, 0.2) is 47.1 Å². The number of nitrogens with two attached hydrogens (primary N) is 2. The lowest BCUT2D eigenvalue weighted by atomic mass is 10.0. The van der Waals surface area contributed by atoms with E-state index in [0.29, 0.717) is 12.2 Å². The molecule has 0 amide bonds. The summed E-state index contributed by atoms with van der Waals surface area (Å²) >= 11 is 3.40. The molecule has 1 unspecified atom stereocenters. The maximum atomic E-state index is 6.15. The number of hydrogen-bond acceptors (Lipinski definition) is 3. The molecule has 17 heavy (non-hydrogen) atoms. The first-order chi connectivity index (χ1) is 8.16. The molecule has 0 saturated carbocycles. The van der Waals surface area contributed by atoms with Crippen molar-refractivity contribution in [2.24, 2.45) is 5.73 Å². The first kappa shape index (κ1) is 12.1. The van der Waals surface area contributed by atoms with Gasteiger partial charge in [-0.15, -0.1) is 0 Å². The lowest BCUT2D eigenvalue weighted by Gasteiger charge is -2.13. The minimum atomic E-state index is -0.0606. The number of anilines is 1. The molecule has 3 nitrogen and oxygen atoms in total.